The summed E-state index contributed by atoms with van der Waals surface area (Å²) in [5, 5.41) is 3.60. The van der Waals surface area contributed by atoms with Crippen molar-refractivity contribution in [2.24, 2.45) is 0 Å². The standard InChI is InChI=1S/C12H16ClN5O/c13-9-4-2-8(3-5-9)12(6-1-7-12)10(19)14-11-15-17-18-16-11/h2-5,11,15-18H,1,6-7H2,(H,14,19). The van der Waals surface area contributed by atoms with Gasteiger partial charge in [0.1, 0.15) is 0 Å². The lowest BCUT2D eigenvalue weighted by atomic mass is 9.64. The first-order valence-corrected chi connectivity index (χ1v) is 6.67. The molecule has 0 unspecified atom stereocenters. The molecule has 1 aromatic carbocycles. The normalized spacial score (nSPS) is 21.9. The van der Waals surface area contributed by atoms with E-state index >= 15 is 0 Å². The monoisotopic (exact) mass is 281 g/mol. The lowest BCUT2D eigenvalue weighted by Crippen LogP contribution is -2.57. The zero-order valence-corrected chi connectivity index (χ0v) is 11.1. The van der Waals surface area contributed by atoms with Gasteiger partial charge in [-0.2, -0.15) is 11.1 Å². The van der Waals surface area contributed by atoms with Gasteiger partial charge in [-0.25, -0.2) is 10.9 Å². The highest BCUT2D eigenvalue weighted by molar-refractivity contribution is 6.30. The number of rotatable bonds is 3. The highest BCUT2D eigenvalue weighted by atomic mass is 35.5. The summed E-state index contributed by atoms with van der Waals surface area (Å²) >= 11 is 5.90. The molecule has 1 aliphatic heterocycles. The van der Waals surface area contributed by atoms with Crippen molar-refractivity contribution in [2.75, 3.05) is 0 Å². The van der Waals surface area contributed by atoms with Crippen molar-refractivity contribution in [3.63, 3.8) is 0 Å². The van der Waals surface area contributed by atoms with Crippen LogP contribution in [0, 0.1) is 0 Å². The van der Waals surface area contributed by atoms with Crippen molar-refractivity contribution < 1.29 is 4.79 Å². The summed E-state index contributed by atoms with van der Waals surface area (Å²) in [5.74, 6) is 0.0246. The molecular weight excluding hydrogens is 266 g/mol. The van der Waals surface area contributed by atoms with Crippen molar-refractivity contribution in [3.8, 4) is 0 Å². The topological polar surface area (TPSA) is 77.2 Å². The molecule has 7 heteroatoms. The second kappa shape index (κ2) is 5.07. The highest BCUT2D eigenvalue weighted by Gasteiger charge is 2.46. The molecule has 1 amide bonds. The van der Waals surface area contributed by atoms with Crippen molar-refractivity contribution in [1.29, 1.82) is 0 Å². The van der Waals surface area contributed by atoms with Crippen LogP contribution in [0.2, 0.25) is 5.02 Å². The lowest BCUT2D eigenvalue weighted by Gasteiger charge is -2.41. The summed E-state index contributed by atoms with van der Waals surface area (Å²) in [6, 6.07) is 7.54. The van der Waals surface area contributed by atoms with E-state index in [0.29, 0.717) is 5.02 Å². The van der Waals surface area contributed by atoms with Crippen LogP contribution in [-0.2, 0) is 10.2 Å². The van der Waals surface area contributed by atoms with E-state index in [0.717, 1.165) is 24.8 Å². The third kappa shape index (κ3) is 2.33. The summed E-state index contributed by atoms with van der Waals surface area (Å²) in [6.07, 6.45) is 2.48. The van der Waals surface area contributed by atoms with Gasteiger partial charge in [-0.1, -0.05) is 30.2 Å². The van der Waals surface area contributed by atoms with Gasteiger partial charge in [-0.15, -0.1) is 0 Å². The van der Waals surface area contributed by atoms with Gasteiger partial charge in [-0.05, 0) is 30.5 Å². The molecule has 1 saturated heterocycles. The number of hydrogen-bond acceptors (Lipinski definition) is 5. The minimum absolute atomic E-state index is 0.0246. The number of carbonyl (C=O) groups excluding carboxylic acids is 1. The molecule has 2 aliphatic rings. The van der Waals surface area contributed by atoms with E-state index in [1.807, 2.05) is 24.3 Å². The Balaban J connectivity index is 1.78. The maximum Gasteiger partial charge on any atom is 0.232 e. The molecule has 19 heavy (non-hydrogen) atoms. The second-order valence-electron chi connectivity index (χ2n) is 4.89. The van der Waals surface area contributed by atoms with Gasteiger partial charge in [0.15, 0.2) is 6.29 Å². The number of hydrogen-bond donors (Lipinski definition) is 5. The Morgan fingerprint density at radius 3 is 2.37 bits per heavy atom. The predicted molar refractivity (Wildman–Crippen MR) is 71.5 cm³/mol. The molecule has 0 atom stereocenters. The summed E-state index contributed by atoms with van der Waals surface area (Å²) in [4.78, 5) is 12.5. The maximum atomic E-state index is 12.5. The van der Waals surface area contributed by atoms with Gasteiger partial charge < -0.3 is 5.32 Å². The van der Waals surface area contributed by atoms with Crippen molar-refractivity contribution >= 4 is 17.5 Å². The summed E-state index contributed by atoms with van der Waals surface area (Å²) in [7, 11) is 0. The largest absolute Gasteiger partial charge is 0.325 e. The van der Waals surface area contributed by atoms with Gasteiger partial charge in [0, 0.05) is 5.02 Å². The first kappa shape index (κ1) is 12.8. The maximum absolute atomic E-state index is 12.5. The zero-order chi connectivity index (χ0) is 13.3. The van der Waals surface area contributed by atoms with Crippen molar-refractivity contribution in [1.82, 2.24) is 27.2 Å². The Bertz CT molecular complexity index is 468. The summed E-state index contributed by atoms with van der Waals surface area (Å²) in [5.41, 5.74) is 11.6. The Kier molecular flexibility index (Phi) is 3.42. The number of hydrazine groups is 3. The van der Waals surface area contributed by atoms with E-state index < -0.39 is 5.41 Å². The van der Waals surface area contributed by atoms with E-state index in [-0.39, 0.29) is 12.2 Å². The smallest absolute Gasteiger partial charge is 0.232 e. The quantitative estimate of drug-likeness (QED) is 0.550. The molecule has 2 fully saturated rings. The third-order valence-corrected chi connectivity index (χ3v) is 4.06. The molecule has 102 valence electrons. The molecule has 5 N–H and O–H groups in total. The van der Waals surface area contributed by atoms with Crippen LogP contribution < -0.4 is 27.2 Å². The molecule has 0 aromatic heterocycles. The minimum atomic E-state index is -0.420. The fraction of sp³-hybridized carbons (Fsp3) is 0.417. The Hall–Kier alpha value is -1.18. The molecule has 1 aromatic rings. The number of amides is 1. The van der Waals surface area contributed by atoms with Gasteiger partial charge >= 0.3 is 0 Å². The Labute approximate surface area is 116 Å². The Morgan fingerprint density at radius 1 is 1.21 bits per heavy atom. The van der Waals surface area contributed by atoms with E-state index in [9.17, 15) is 4.79 Å². The van der Waals surface area contributed by atoms with Gasteiger partial charge in [-0.3, -0.25) is 4.79 Å². The molecule has 0 radical (unpaired) electrons. The number of carbonyl (C=O) groups is 1. The minimum Gasteiger partial charge on any atom is -0.325 e. The van der Waals surface area contributed by atoms with Gasteiger partial charge in [0.05, 0.1) is 5.41 Å². The van der Waals surface area contributed by atoms with Gasteiger partial charge in [0.2, 0.25) is 5.91 Å². The van der Waals surface area contributed by atoms with Crippen LogP contribution in [0.25, 0.3) is 0 Å². The van der Waals surface area contributed by atoms with Crippen LogP contribution >= 0.6 is 11.6 Å². The fourth-order valence-corrected chi connectivity index (χ4v) is 2.67. The van der Waals surface area contributed by atoms with E-state index in [1.54, 1.807) is 0 Å². The first-order valence-electron chi connectivity index (χ1n) is 6.29. The van der Waals surface area contributed by atoms with Gasteiger partial charge in [0.25, 0.3) is 0 Å². The molecule has 3 rings (SSSR count). The summed E-state index contributed by atoms with van der Waals surface area (Å²) in [6.45, 7) is 0. The SMILES string of the molecule is O=C(NC1NNNN1)C1(c2ccc(Cl)cc2)CCC1. The van der Waals surface area contributed by atoms with Crippen LogP contribution in [0.4, 0.5) is 0 Å². The average Bonchev–Trinajstić information content (AvgIpc) is 2.83. The Morgan fingerprint density at radius 2 is 1.84 bits per heavy atom. The molecule has 1 saturated carbocycles. The molecule has 0 bridgehead atoms. The average molecular weight is 282 g/mol. The molecule has 6 nitrogen and oxygen atoms in total. The van der Waals surface area contributed by atoms with Crippen LogP contribution in [0.15, 0.2) is 24.3 Å². The highest BCUT2D eigenvalue weighted by Crippen LogP contribution is 2.44. The van der Waals surface area contributed by atoms with E-state index in [4.69, 9.17) is 11.6 Å². The van der Waals surface area contributed by atoms with Crippen LogP contribution in [0.3, 0.4) is 0 Å². The fourth-order valence-electron chi connectivity index (χ4n) is 2.54. The number of halogens is 1. The summed E-state index contributed by atoms with van der Waals surface area (Å²) < 4.78 is 0. The lowest BCUT2D eigenvalue weighted by molar-refractivity contribution is -0.131. The van der Waals surface area contributed by atoms with Crippen molar-refractivity contribution in [3.05, 3.63) is 34.9 Å². The number of benzene rings is 1. The second-order valence-corrected chi connectivity index (χ2v) is 5.32. The van der Waals surface area contributed by atoms with Crippen LogP contribution in [-0.4, -0.2) is 12.2 Å². The van der Waals surface area contributed by atoms with Crippen LogP contribution in [0.5, 0.6) is 0 Å². The van der Waals surface area contributed by atoms with E-state index in [2.05, 4.69) is 27.2 Å². The van der Waals surface area contributed by atoms with Crippen molar-refractivity contribution in [2.45, 2.75) is 31.0 Å². The zero-order valence-electron chi connectivity index (χ0n) is 10.3. The molecular formula is C12H16ClN5O. The molecule has 0 spiro atoms. The van der Waals surface area contributed by atoms with Crippen LogP contribution in [0.1, 0.15) is 24.8 Å². The third-order valence-electron chi connectivity index (χ3n) is 3.81. The molecule has 1 heterocycles. The van der Waals surface area contributed by atoms with E-state index in [1.165, 1.54) is 0 Å². The molecule has 1 aliphatic carbocycles. The first-order chi connectivity index (χ1) is 9.21. The number of nitrogens with one attached hydrogen (secondary N) is 5. The predicted octanol–water partition coefficient (Wildman–Crippen LogP) is 0.278.